The monoisotopic (exact) mass is 303 g/mol. The summed E-state index contributed by atoms with van der Waals surface area (Å²) in [5.41, 5.74) is 1.18. The van der Waals surface area contributed by atoms with Gasteiger partial charge in [-0.3, -0.25) is 14.5 Å². The highest BCUT2D eigenvalue weighted by atomic mass is 16.2. The summed E-state index contributed by atoms with van der Waals surface area (Å²) in [5, 5.41) is 2.72. The number of benzene rings is 1. The van der Waals surface area contributed by atoms with Crippen molar-refractivity contribution >= 4 is 11.8 Å². The fraction of sp³-hybridized carbons (Fsp3) is 0.529. The maximum atomic E-state index is 12.2. The van der Waals surface area contributed by atoms with Crippen LogP contribution < -0.4 is 5.32 Å². The van der Waals surface area contributed by atoms with Crippen LogP contribution in [0, 0.1) is 5.92 Å². The van der Waals surface area contributed by atoms with E-state index in [0.29, 0.717) is 19.6 Å². The lowest BCUT2D eigenvalue weighted by molar-refractivity contribution is -0.140. The molecule has 1 aliphatic heterocycles. The maximum Gasteiger partial charge on any atom is 0.238 e. The molecule has 22 heavy (non-hydrogen) atoms. The molecule has 1 aromatic carbocycles. The Morgan fingerprint density at radius 3 is 2.50 bits per heavy atom. The normalized spacial score (nSPS) is 19.3. The third-order valence-corrected chi connectivity index (χ3v) is 4.07. The standard InChI is InChI=1S/C17H25N3O2/c1-13(2)17(22)20-10-9-19(15(12-20)16(21)18-3)11-14-7-5-4-6-8-14/h4-8,13,15H,9-12H2,1-3H3,(H,18,21). The van der Waals surface area contributed by atoms with E-state index < -0.39 is 0 Å². The second-order valence-electron chi connectivity index (χ2n) is 6.03. The van der Waals surface area contributed by atoms with E-state index in [4.69, 9.17) is 0 Å². The SMILES string of the molecule is CNC(=O)C1CN(C(=O)C(C)C)CCN1Cc1ccccc1. The van der Waals surface area contributed by atoms with Gasteiger partial charge in [0.15, 0.2) is 0 Å². The lowest BCUT2D eigenvalue weighted by Gasteiger charge is -2.41. The number of carbonyl (C=O) groups excluding carboxylic acids is 2. The van der Waals surface area contributed by atoms with Crippen LogP contribution in [-0.4, -0.2) is 54.3 Å². The molecule has 1 aliphatic rings. The second kappa shape index (κ2) is 7.40. The molecule has 2 amide bonds. The van der Waals surface area contributed by atoms with E-state index in [-0.39, 0.29) is 23.8 Å². The molecule has 2 rings (SSSR count). The Kier molecular flexibility index (Phi) is 5.55. The van der Waals surface area contributed by atoms with Gasteiger partial charge in [-0.15, -0.1) is 0 Å². The van der Waals surface area contributed by atoms with Gasteiger partial charge in [-0.05, 0) is 5.56 Å². The largest absolute Gasteiger partial charge is 0.358 e. The summed E-state index contributed by atoms with van der Waals surface area (Å²) in [6, 6.07) is 9.82. The van der Waals surface area contributed by atoms with Crippen molar-refractivity contribution in [3.8, 4) is 0 Å². The Balaban J connectivity index is 2.10. The molecule has 0 bridgehead atoms. The summed E-state index contributed by atoms with van der Waals surface area (Å²) in [7, 11) is 1.65. The van der Waals surface area contributed by atoms with Gasteiger partial charge in [0.2, 0.25) is 11.8 Å². The topological polar surface area (TPSA) is 52.7 Å². The van der Waals surface area contributed by atoms with Crippen LogP contribution in [0.3, 0.4) is 0 Å². The molecule has 0 radical (unpaired) electrons. The molecule has 1 N–H and O–H groups in total. The maximum absolute atomic E-state index is 12.2. The smallest absolute Gasteiger partial charge is 0.238 e. The number of piperazine rings is 1. The first-order chi connectivity index (χ1) is 10.5. The van der Waals surface area contributed by atoms with Gasteiger partial charge in [0.05, 0.1) is 0 Å². The van der Waals surface area contributed by atoms with Crippen molar-refractivity contribution in [1.29, 1.82) is 0 Å². The van der Waals surface area contributed by atoms with E-state index in [2.05, 4.69) is 22.3 Å². The van der Waals surface area contributed by atoms with Crippen molar-refractivity contribution in [2.45, 2.75) is 26.4 Å². The van der Waals surface area contributed by atoms with E-state index in [9.17, 15) is 9.59 Å². The molecule has 5 heteroatoms. The van der Waals surface area contributed by atoms with E-state index in [1.54, 1.807) is 7.05 Å². The molecule has 1 heterocycles. The van der Waals surface area contributed by atoms with Crippen LogP contribution in [0.1, 0.15) is 19.4 Å². The molecule has 0 spiro atoms. The summed E-state index contributed by atoms with van der Waals surface area (Å²) < 4.78 is 0. The lowest BCUT2D eigenvalue weighted by Crippen LogP contribution is -2.59. The zero-order valence-electron chi connectivity index (χ0n) is 13.6. The number of rotatable bonds is 4. The van der Waals surface area contributed by atoms with Gasteiger partial charge in [0, 0.05) is 39.1 Å². The number of carbonyl (C=O) groups is 2. The van der Waals surface area contributed by atoms with E-state index in [1.807, 2.05) is 36.9 Å². The molecule has 1 unspecified atom stereocenters. The van der Waals surface area contributed by atoms with E-state index in [0.717, 1.165) is 6.54 Å². The average molecular weight is 303 g/mol. The van der Waals surface area contributed by atoms with Crippen LogP contribution >= 0.6 is 0 Å². The van der Waals surface area contributed by atoms with Crippen LogP contribution in [0.5, 0.6) is 0 Å². The third-order valence-electron chi connectivity index (χ3n) is 4.07. The molecular weight excluding hydrogens is 278 g/mol. The van der Waals surface area contributed by atoms with Crippen LogP contribution in [0.4, 0.5) is 0 Å². The summed E-state index contributed by atoms with van der Waals surface area (Å²) in [5.74, 6) is 0.0523. The van der Waals surface area contributed by atoms with Crippen LogP contribution in [0.25, 0.3) is 0 Å². The fourth-order valence-corrected chi connectivity index (χ4v) is 2.81. The van der Waals surface area contributed by atoms with E-state index in [1.165, 1.54) is 5.56 Å². The van der Waals surface area contributed by atoms with Crippen LogP contribution in [0.15, 0.2) is 30.3 Å². The third kappa shape index (κ3) is 3.85. The molecule has 1 atom stereocenters. The van der Waals surface area contributed by atoms with Crippen molar-refractivity contribution in [3.05, 3.63) is 35.9 Å². The molecule has 120 valence electrons. The predicted octanol–water partition coefficient (Wildman–Crippen LogP) is 1.10. The first kappa shape index (κ1) is 16.5. The van der Waals surface area contributed by atoms with Gasteiger partial charge in [0.25, 0.3) is 0 Å². The lowest BCUT2D eigenvalue weighted by atomic mass is 10.1. The number of nitrogens with one attached hydrogen (secondary N) is 1. The van der Waals surface area contributed by atoms with Gasteiger partial charge < -0.3 is 10.2 Å². The van der Waals surface area contributed by atoms with Crippen LogP contribution in [0.2, 0.25) is 0 Å². The summed E-state index contributed by atoms with van der Waals surface area (Å²) in [6.07, 6.45) is 0. The minimum atomic E-state index is -0.290. The molecule has 5 nitrogen and oxygen atoms in total. The Bertz CT molecular complexity index is 516. The number of hydrogen-bond acceptors (Lipinski definition) is 3. The Morgan fingerprint density at radius 2 is 1.91 bits per heavy atom. The Labute approximate surface area is 132 Å². The van der Waals surface area contributed by atoms with Gasteiger partial charge in [-0.25, -0.2) is 0 Å². The summed E-state index contributed by atoms with van der Waals surface area (Å²) in [6.45, 7) is 6.37. The molecule has 0 aliphatic carbocycles. The van der Waals surface area contributed by atoms with Crippen molar-refractivity contribution in [1.82, 2.24) is 15.1 Å². The minimum absolute atomic E-state index is 0.0304. The first-order valence-corrected chi connectivity index (χ1v) is 7.81. The molecule has 1 fully saturated rings. The zero-order valence-corrected chi connectivity index (χ0v) is 13.6. The minimum Gasteiger partial charge on any atom is -0.358 e. The van der Waals surface area contributed by atoms with Gasteiger partial charge in [0.1, 0.15) is 6.04 Å². The highest BCUT2D eigenvalue weighted by molar-refractivity contribution is 5.84. The average Bonchev–Trinajstić information content (AvgIpc) is 2.54. The number of nitrogens with zero attached hydrogens (tertiary/aromatic N) is 2. The van der Waals surface area contributed by atoms with Crippen molar-refractivity contribution in [3.63, 3.8) is 0 Å². The van der Waals surface area contributed by atoms with Gasteiger partial charge in [-0.2, -0.15) is 0 Å². The quantitative estimate of drug-likeness (QED) is 0.906. The Hall–Kier alpha value is -1.88. The second-order valence-corrected chi connectivity index (χ2v) is 6.03. The summed E-state index contributed by atoms with van der Waals surface area (Å²) >= 11 is 0. The van der Waals surface area contributed by atoms with Gasteiger partial charge >= 0.3 is 0 Å². The Morgan fingerprint density at radius 1 is 1.23 bits per heavy atom. The molecule has 1 aromatic rings. The van der Waals surface area contributed by atoms with Crippen LogP contribution in [-0.2, 0) is 16.1 Å². The highest BCUT2D eigenvalue weighted by Crippen LogP contribution is 2.16. The highest BCUT2D eigenvalue weighted by Gasteiger charge is 2.34. The molecule has 1 saturated heterocycles. The van der Waals surface area contributed by atoms with Crippen molar-refractivity contribution < 1.29 is 9.59 Å². The first-order valence-electron chi connectivity index (χ1n) is 7.81. The predicted molar refractivity (Wildman–Crippen MR) is 86.1 cm³/mol. The molecule has 0 saturated carbocycles. The van der Waals surface area contributed by atoms with Gasteiger partial charge in [-0.1, -0.05) is 44.2 Å². The van der Waals surface area contributed by atoms with E-state index >= 15 is 0 Å². The fourth-order valence-electron chi connectivity index (χ4n) is 2.81. The summed E-state index contributed by atoms with van der Waals surface area (Å²) in [4.78, 5) is 28.4. The number of hydrogen-bond donors (Lipinski definition) is 1. The molecular formula is C17H25N3O2. The zero-order chi connectivity index (χ0) is 16.1. The van der Waals surface area contributed by atoms with Crippen molar-refractivity contribution in [2.24, 2.45) is 5.92 Å². The number of amides is 2. The van der Waals surface area contributed by atoms with Crippen molar-refractivity contribution in [2.75, 3.05) is 26.7 Å². The molecule has 0 aromatic heterocycles. The number of likely N-dealkylation sites (N-methyl/N-ethyl adjacent to an activating group) is 1.